The van der Waals surface area contributed by atoms with Gasteiger partial charge in [-0.3, -0.25) is 4.99 Å². The second kappa shape index (κ2) is 6.81. The fraction of sp³-hybridized carbons (Fsp3) is 0.278. The summed E-state index contributed by atoms with van der Waals surface area (Å²) in [5, 5.41) is 4.88. The fourth-order valence-corrected chi connectivity index (χ4v) is 3.49. The third-order valence-electron chi connectivity index (χ3n) is 3.57. The summed E-state index contributed by atoms with van der Waals surface area (Å²) in [4.78, 5) is 4.62. The lowest BCUT2D eigenvalue weighted by molar-refractivity contribution is 0.922. The van der Waals surface area contributed by atoms with E-state index in [-0.39, 0.29) is 0 Å². The van der Waals surface area contributed by atoms with E-state index in [1.54, 1.807) is 0 Å². The molecule has 0 saturated carbocycles. The molecule has 0 bridgehead atoms. The van der Waals surface area contributed by atoms with Crippen molar-refractivity contribution in [1.82, 2.24) is 0 Å². The third kappa shape index (κ3) is 3.67. The molecular formula is C18H20N2S. The SMILES string of the molecule is CCCc1ccc(NC2=NCC(c3ccccc3)S2)cc1. The quantitative estimate of drug-likeness (QED) is 0.868. The lowest BCUT2D eigenvalue weighted by atomic mass is 10.1. The van der Waals surface area contributed by atoms with E-state index < -0.39 is 0 Å². The molecule has 21 heavy (non-hydrogen) atoms. The number of aryl methyl sites for hydroxylation is 1. The first-order chi connectivity index (χ1) is 10.3. The highest BCUT2D eigenvalue weighted by atomic mass is 32.2. The number of hydrogen-bond donors (Lipinski definition) is 1. The molecule has 0 aromatic heterocycles. The van der Waals surface area contributed by atoms with Crippen molar-refractivity contribution in [3.05, 3.63) is 65.7 Å². The second-order valence-corrected chi connectivity index (χ2v) is 6.43. The zero-order valence-corrected chi connectivity index (χ0v) is 13.1. The molecule has 0 saturated heterocycles. The molecule has 1 unspecified atom stereocenters. The Kier molecular flexibility index (Phi) is 4.61. The maximum atomic E-state index is 4.62. The zero-order valence-electron chi connectivity index (χ0n) is 12.3. The van der Waals surface area contributed by atoms with Gasteiger partial charge in [-0.2, -0.15) is 0 Å². The topological polar surface area (TPSA) is 24.4 Å². The van der Waals surface area contributed by atoms with Gasteiger partial charge in [-0.05, 0) is 29.7 Å². The molecule has 0 spiro atoms. The lowest BCUT2D eigenvalue weighted by Gasteiger charge is -2.09. The Labute approximate surface area is 130 Å². The first-order valence-electron chi connectivity index (χ1n) is 7.47. The van der Waals surface area contributed by atoms with Gasteiger partial charge in [0.1, 0.15) is 0 Å². The number of aliphatic imine (C=N–C) groups is 1. The van der Waals surface area contributed by atoms with Crippen molar-refractivity contribution < 1.29 is 0 Å². The number of rotatable bonds is 4. The normalized spacial score (nSPS) is 17.6. The van der Waals surface area contributed by atoms with Gasteiger partial charge in [-0.15, -0.1) is 0 Å². The standard InChI is InChI=1S/C18H20N2S/c1-2-6-14-9-11-16(12-10-14)20-18-19-13-17(21-18)15-7-4-3-5-8-15/h3-5,7-12,17H,2,6,13H2,1H3,(H,19,20). The maximum absolute atomic E-state index is 4.62. The third-order valence-corrected chi connectivity index (χ3v) is 4.73. The monoisotopic (exact) mass is 296 g/mol. The summed E-state index contributed by atoms with van der Waals surface area (Å²) in [5.41, 5.74) is 3.86. The highest BCUT2D eigenvalue weighted by Gasteiger charge is 2.21. The Morgan fingerprint density at radius 1 is 1.10 bits per heavy atom. The van der Waals surface area contributed by atoms with Gasteiger partial charge in [0.2, 0.25) is 0 Å². The van der Waals surface area contributed by atoms with E-state index >= 15 is 0 Å². The minimum Gasteiger partial charge on any atom is -0.335 e. The van der Waals surface area contributed by atoms with Crippen LogP contribution in [0, 0.1) is 0 Å². The van der Waals surface area contributed by atoms with Crippen molar-refractivity contribution in [3.8, 4) is 0 Å². The summed E-state index contributed by atoms with van der Waals surface area (Å²) in [6.45, 7) is 3.06. The van der Waals surface area contributed by atoms with Gasteiger partial charge < -0.3 is 5.32 Å². The van der Waals surface area contributed by atoms with E-state index in [1.165, 1.54) is 17.5 Å². The summed E-state index contributed by atoms with van der Waals surface area (Å²) < 4.78 is 0. The summed E-state index contributed by atoms with van der Waals surface area (Å²) in [7, 11) is 0. The molecule has 0 fully saturated rings. The molecule has 2 aromatic rings. The predicted octanol–water partition coefficient (Wildman–Crippen LogP) is 4.90. The summed E-state index contributed by atoms with van der Waals surface area (Å²) in [6.07, 6.45) is 2.33. The molecule has 2 nitrogen and oxygen atoms in total. The van der Waals surface area contributed by atoms with Crippen molar-refractivity contribution in [3.63, 3.8) is 0 Å². The average Bonchev–Trinajstić information content (AvgIpc) is 2.99. The van der Waals surface area contributed by atoms with Crippen LogP contribution in [0.2, 0.25) is 0 Å². The van der Waals surface area contributed by atoms with E-state index in [0.29, 0.717) is 5.25 Å². The minimum atomic E-state index is 0.438. The van der Waals surface area contributed by atoms with E-state index in [0.717, 1.165) is 23.8 Å². The Morgan fingerprint density at radius 2 is 1.86 bits per heavy atom. The highest BCUT2D eigenvalue weighted by Crippen LogP contribution is 2.35. The van der Waals surface area contributed by atoms with Gasteiger partial charge in [0.05, 0.1) is 11.8 Å². The van der Waals surface area contributed by atoms with Crippen LogP contribution in [0.1, 0.15) is 29.7 Å². The number of thioether (sulfide) groups is 1. The number of nitrogens with one attached hydrogen (secondary N) is 1. The van der Waals surface area contributed by atoms with Gasteiger partial charge in [0.25, 0.3) is 0 Å². The molecule has 1 aliphatic heterocycles. The van der Waals surface area contributed by atoms with E-state index in [2.05, 4.69) is 71.8 Å². The molecule has 3 heteroatoms. The van der Waals surface area contributed by atoms with Crippen molar-refractivity contribution in [2.24, 2.45) is 4.99 Å². The van der Waals surface area contributed by atoms with Crippen molar-refractivity contribution >= 4 is 22.6 Å². The van der Waals surface area contributed by atoms with E-state index in [1.807, 2.05) is 11.8 Å². The smallest absolute Gasteiger partial charge is 0.161 e. The van der Waals surface area contributed by atoms with Crippen LogP contribution in [-0.4, -0.2) is 11.7 Å². The fourth-order valence-electron chi connectivity index (χ4n) is 2.45. The van der Waals surface area contributed by atoms with Gasteiger partial charge >= 0.3 is 0 Å². The number of benzene rings is 2. The number of anilines is 1. The van der Waals surface area contributed by atoms with Crippen molar-refractivity contribution in [2.75, 3.05) is 11.9 Å². The molecule has 3 rings (SSSR count). The van der Waals surface area contributed by atoms with Crippen molar-refractivity contribution in [1.29, 1.82) is 0 Å². The summed E-state index contributed by atoms with van der Waals surface area (Å²) in [5.74, 6) is 0. The van der Waals surface area contributed by atoms with Crippen LogP contribution in [0.5, 0.6) is 0 Å². The number of nitrogens with zero attached hydrogens (tertiary/aromatic N) is 1. The minimum absolute atomic E-state index is 0.438. The molecule has 1 aliphatic rings. The Morgan fingerprint density at radius 3 is 2.57 bits per heavy atom. The summed E-state index contributed by atoms with van der Waals surface area (Å²) >= 11 is 1.81. The van der Waals surface area contributed by atoms with E-state index in [4.69, 9.17) is 0 Å². The van der Waals surface area contributed by atoms with Gasteiger partial charge in [0.15, 0.2) is 5.17 Å². The lowest BCUT2D eigenvalue weighted by Crippen LogP contribution is -2.05. The molecule has 2 aromatic carbocycles. The molecule has 0 amide bonds. The first kappa shape index (κ1) is 14.2. The average molecular weight is 296 g/mol. The van der Waals surface area contributed by atoms with Crippen LogP contribution in [0.15, 0.2) is 59.6 Å². The Bertz CT molecular complexity index is 605. The van der Waals surface area contributed by atoms with Crippen LogP contribution < -0.4 is 5.32 Å². The molecule has 1 N–H and O–H groups in total. The second-order valence-electron chi connectivity index (χ2n) is 5.23. The van der Waals surface area contributed by atoms with Crippen LogP contribution in [0.3, 0.4) is 0 Å². The van der Waals surface area contributed by atoms with E-state index in [9.17, 15) is 0 Å². The van der Waals surface area contributed by atoms with Crippen LogP contribution in [0.25, 0.3) is 0 Å². The van der Waals surface area contributed by atoms with Gasteiger partial charge in [-0.25, -0.2) is 0 Å². The summed E-state index contributed by atoms with van der Waals surface area (Å²) in [6, 6.07) is 19.3. The zero-order chi connectivity index (χ0) is 14.5. The van der Waals surface area contributed by atoms with Crippen LogP contribution in [-0.2, 0) is 6.42 Å². The Hall–Kier alpha value is -1.74. The first-order valence-corrected chi connectivity index (χ1v) is 8.35. The largest absolute Gasteiger partial charge is 0.335 e. The van der Waals surface area contributed by atoms with Crippen LogP contribution >= 0.6 is 11.8 Å². The van der Waals surface area contributed by atoms with Crippen LogP contribution in [0.4, 0.5) is 5.69 Å². The number of hydrogen-bond acceptors (Lipinski definition) is 3. The highest BCUT2D eigenvalue weighted by molar-refractivity contribution is 8.14. The molecule has 0 radical (unpaired) electrons. The van der Waals surface area contributed by atoms with Gasteiger partial charge in [0, 0.05) is 5.69 Å². The Balaban J connectivity index is 1.59. The van der Waals surface area contributed by atoms with Gasteiger partial charge in [-0.1, -0.05) is 67.6 Å². The predicted molar refractivity (Wildman–Crippen MR) is 93.1 cm³/mol. The molecule has 108 valence electrons. The van der Waals surface area contributed by atoms with Crippen molar-refractivity contribution in [2.45, 2.75) is 25.0 Å². The molecule has 1 heterocycles. The molecule has 1 atom stereocenters. The molecular weight excluding hydrogens is 276 g/mol. The maximum Gasteiger partial charge on any atom is 0.161 e. The molecule has 0 aliphatic carbocycles. The number of amidine groups is 1.